The molecule has 0 aliphatic carbocycles. The molecule has 0 aromatic heterocycles. The lowest BCUT2D eigenvalue weighted by atomic mass is 10.1. The van der Waals surface area contributed by atoms with E-state index in [1.165, 1.54) is 24.3 Å². The zero-order chi connectivity index (χ0) is 14.0. The molecular weight excluding hydrogens is 269 g/mol. The average Bonchev–Trinajstić information content (AvgIpc) is 2.38. The number of benzene rings is 2. The maximum atomic E-state index is 13.8. The van der Waals surface area contributed by atoms with Crippen LogP contribution in [0, 0.1) is 5.82 Å². The number of aromatic hydroxyl groups is 2. The summed E-state index contributed by atoms with van der Waals surface area (Å²) >= 11 is 5.70. The van der Waals surface area contributed by atoms with Crippen molar-refractivity contribution in [2.75, 3.05) is 5.32 Å². The molecule has 5 heteroatoms. The number of hydrogen-bond donors (Lipinski definition) is 3. The van der Waals surface area contributed by atoms with Crippen molar-refractivity contribution < 1.29 is 14.6 Å². The second-order valence-electron chi connectivity index (χ2n) is 4.21. The van der Waals surface area contributed by atoms with Crippen LogP contribution >= 0.6 is 11.6 Å². The molecule has 0 amide bonds. The summed E-state index contributed by atoms with van der Waals surface area (Å²) in [5.41, 5.74) is 0.710. The van der Waals surface area contributed by atoms with Gasteiger partial charge in [0.2, 0.25) is 0 Å². The first-order chi connectivity index (χ1) is 8.99. The van der Waals surface area contributed by atoms with Crippen LogP contribution in [0.4, 0.5) is 10.1 Å². The molecule has 0 radical (unpaired) electrons. The Morgan fingerprint density at radius 3 is 2.68 bits per heavy atom. The van der Waals surface area contributed by atoms with Gasteiger partial charge in [0.15, 0.2) is 5.82 Å². The quantitative estimate of drug-likeness (QED) is 0.744. The molecule has 3 N–H and O–H groups in total. The van der Waals surface area contributed by atoms with Crippen LogP contribution in [0.15, 0.2) is 36.4 Å². The van der Waals surface area contributed by atoms with Crippen molar-refractivity contribution in [1.82, 2.24) is 0 Å². The largest absolute Gasteiger partial charge is 0.508 e. The molecule has 2 aromatic rings. The minimum atomic E-state index is -0.546. The van der Waals surface area contributed by atoms with Crippen LogP contribution in [0.3, 0.4) is 0 Å². The van der Waals surface area contributed by atoms with E-state index in [0.717, 1.165) is 0 Å². The van der Waals surface area contributed by atoms with Gasteiger partial charge in [0.25, 0.3) is 0 Å². The van der Waals surface area contributed by atoms with Crippen LogP contribution in [0.5, 0.6) is 11.5 Å². The van der Waals surface area contributed by atoms with Crippen molar-refractivity contribution in [2.45, 2.75) is 13.0 Å². The Bertz CT molecular complexity index is 604. The molecule has 1 unspecified atom stereocenters. The zero-order valence-corrected chi connectivity index (χ0v) is 10.9. The van der Waals surface area contributed by atoms with E-state index in [1.807, 2.05) is 0 Å². The number of anilines is 1. The van der Waals surface area contributed by atoms with E-state index in [9.17, 15) is 14.6 Å². The van der Waals surface area contributed by atoms with Crippen LogP contribution in [-0.4, -0.2) is 10.2 Å². The SMILES string of the molecule is CC(Nc1cccc(Cl)c1F)c1cc(O)ccc1O. The number of hydrogen-bond acceptors (Lipinski definition) is 3. The Kier molecular flexibility index (Phi) is 3.81. The normalized spacial score (nSPS) is 12.2. The minimum absolute atomic E-state index is 0.0253. The summed E-state index contributed by atoms with van der Waals surface area (Å²) in [6, 6.07) is 8.44. The second kappa shape index (κ2) is 5.36. The van der Waals surface area contributed by atoms with E-state index in [4.69, 9.17) is 11.6 Å². The van der Waals surface area contributed by atoms with E-state index >= 15 is 0 Å². The molecule has 0 aliphatic heterocycles. The number of rotatable bonds is 3. The molecule has 0 spiro atoms. The van der Waals surface area contributed by atoms with Crippen LogP contribution < -0.4 is 5.32 Å². The van der Waals surface area contributed by atoms with Gasteiger partial charge in [-0.1, -0.05) is 17.7 Å². The maximum Gasteiger partial charge on any atom is 0.164 e. The van der Waals surface area contributed by atoms with Crippen LogP contribution in [0.1, 0.15) is 18.5 Å². The van der Waals surface area contributed by atoms with Gasteiger partial charge in [-0.05, 0) is 37.3 Å². The lowest BCUT2D eigenvalue weighted by Gasteiger charge is -2.18. The zero-order valence-electron chi connectivity index (χ0n) is 10.2. The van der Waals surface area contributed by atoms with E-state index in [1.54, 1.807) is 19.1 Å². The topological polar surface area (TPSA) is 52.5 Å². The molecule has 0 bridgehead atoms. The predicted octanol–water partition coefficient (Wildman–Crippen LogP) is 4.06. The molecule has 0 fully saturated rings. The molecular formula is C14H13ClFNO2. The first-order valence-corrected chi connectivity index (χ1v) is 6.09. The van der Waals surface area contributed by atoms with Crippen molar-refractivity contribution in [3.63, 3.8) is 0 Å². The summed E-state index contributed by atoms with van der Waals surface area (Å²) in [5, 5.41) is 22.1. The molecule has 0 saturated carbocycles. The van der Waals surface area contributed by atoms with Gasteiger partial charge < -0.3 is 15.5 Å². The third-order valence-corrected chi connectivity index (χ3v) is 3.09. The second-order valence-corrected chi connectivity index (χ2v) is 4.62. The summed E-state index contributed by atoms with van der Waals surface area (Å²) in [4.78, 5) is 0. The lowest BCUT2D eigenvalue weighted by Crippen LogP contribution is -2.08. The number of nitrogens with one attached hydrogen (secondary N) is 1. The molecule has 100 valence electrons. The Balaban J connectivity index is 2.28. The highest BCUT2D eigenvalue weighted by atomic mass is 35.5. The Hall–Kier alpha value is -1.94. The molecule has 0 saturated heterocycles. The Morgan fingerprint density at radius 2 is 1.95 bits per heavy atom. The monoisotopic (exact) mass is 281 g/mol. The van der Waals surface area contributed by atoms with Crippen molar-refractivity contribution in [2.24, 2.45) is 0 Å². The molecule has 0 heterocycles. The van der Waals surface area contributed by atoms with Crippen LogP contribution in [0.25, 0.3) is 0 Å². The summed E-state index contributed by atoms with van der Waals surface area (Å²) in [5.74, 6) is -0.482. The number of phenolic OH excluding ortho intramolecular Hbond substituents is 2. The smallest absolute Gasteiger partial charge is 0.164 e. The van der Waals surface area contributed by atoms with Crippen LogP contribution in [0.2, 0.25) is 5.02 Å². The van der Waals surface area contributed by atoms with Crippen LogP contribution in [-0.2, 0) is 0 Å². The fourth-order valence-corrected chi connectivity index (χ4v) is 1.99. The minimum Gasteiger partial charge on any atom is -0.508 e. The molecule has 2 rings (SSSR count). The van der Waals surface area contributed by atoms with Gasteiger partial charge in [-0.2, -0.15) is 0 Å². The first-order valence-electron chi connectivity index (χ1n) is 5.71. The lowest BCUT2D eigenvalue weighted by molar-refractivity contribution is 0.451. The summed E-state index contributed by atoms with van der Waals surface area (Å²) in [6.45, 7) is 1.74. The van der Waals surface area contributed by atoms with Crippen molar-refractivity contribution >= 4 is 17.3 Å². The molecule has 0 aliphatic rings. The highest BCUT2D eigenvalue weighted by Crippen LogP contribution is 2.31. The summed E-state index contributed by atoms with van der Waals surface area (Å²) < 4.78 is 13.8. The van der Waals surface area contributed by atoms with Crippen molar-refractivity contribution in [3.8, 4) is 11.5 Å². The third-order valence-electron chi connectivity index (χ3n) is 2.80. The fourth-order valence-electron chi connectivity index (χ4n) is 1.82. The highest BCUT2D eigenvalue weighted by molar-refractivity contribution is 6.31. The van der Waals surface area contributed by atoms with E-state index in [-0.39, 0.29) is 28.3 Å². The summed E-state index contributed by atoms with van der Waals surface area (Å²) in [7, 11) is 0. The fraction of sp³-hybridized carbons (Fsp3) is 0.143. The number of phenols is 2. The van der Waals surface area contributed by atoms with Gasteiger partial charge in [-0.25, -0.2) is 4.39 Å². The van der Waals surface area contributed by atoms with Gasteiger partial charge in [0.05, 0.1) is 16.8 Å². The Labute approximate surface area is 115 Å². The first kappa shape index (κ1) is 13.5. The molecule has 1 atom stereocenters. The number of halogens is 2. The predicted molar refractivity (Wildman–Crippen MR) is 73.2 cm³/mol. The van der Waals surface area contributed by atoms with E-state index in [2.05, 4.69) is 5.32 Å². The average molecular weight is 282 g/mol. The van der Waals surface area contributed by atoms with E-state index < -0.39 is 5.82 Å². The summed E-state index contributed by atoms with van der Waals surface area (Å²) in [6.07, 6.45) is 0. The van der Waals surface area contributed by atoms with E-state index in [0.29, 0.717) is 5.56 Å². The Morgan fingerprint density at radius 1 is 1.21 bits per heavy atom. The molecule has 19 heavy (non-hydrogen) atoms. The van der Waals surface area contributed by atoms with Crippen molar-refractivity contribution in [3.05, 3.63) is 52.8 Å². The van der Waals surface area contributed by atoms with Gasteiger partial charge in [0.1, 0.15) is 11.5 Å². The van der Waals surface area contributed by atoms with Crippen molar-refractivity contribution in [1.29, 1.82) is 0 Å². The third kappa shape index (κ3) is 2.90. The van der Waals surface area contributed by atoms with Gasteiger partial charge in [-0.3, -0.25) is 0 Å². The molecule has 2 aromatic carbocycles. The van der Waals surface area contributed by atoms with Gasteiger partial charge >= 0.3 is 0 Å². The maximum absolute atomic E-state index is 13.8. The molecule has 3 nitrogen and oxygen atoms in total. The van der Waals surface area contributed by atoms with Gasteiger partial charge in [-0.15, -0.1) is 0 Å². The standard InChI is InChI=1S/C14H13ClFNO2/c1-8(10-7-9(18)5-6-13(10)19)17-12-4-2-3-11(15)14(12)16/h2-8,17-19H,1H3. The highest BCUT2D eigenvalue weighted by Gasteiger charge is 2.14. The van der Waals surface area contributed by atoms with Gasteiger partial charge in [0, 0.05) is 5.56 Å².